The van der Waals surface area contributed by atoms with Crippen LogP contribution in [0.3, 0.4) is 0 Å². The van der Waals surface area contributed by atoms with Gasteiger partial charge < -0.3 is 5.11 Å². The molecule has 2 aromatic rings. The fourth-order valence-corrected chi connectivity index (χ4v) is 4.20. The van der Waals surface area contributed by atoms with Gasteiger partial charge in [-0.05, 0) is 60.2 Å². The van der Waals surface area contributed by atoms with Crippen LogP contribution in [-0.4, -0.2) is 10.9 Å². The van der Waals surface area contributed by atoms with Gasteiger partial charge >= 0.3 is 0 Å². The van der Waals surface area contributed by atoms with Crippen LogP contribution in [0, 0.1) is 17.7 Å². The van der Waals surface area contributed by atoms with Gasteiger partial charge in [0.25, 0.3) is 0 Å². The van der Waals surface area contributed by atoms with Crippen LogP contribution in [0.15, 0.2) is 54.3 Å². The van der Waals surface area contributed by atoms with Crippen LogP contribution in [0.4, 0.5) is 4.39 Å². The molecule has 3 aliphatic rings. The van der Waals surface area contributed by atoms with Gasteiger partial charge in [0.05, 0.1) is 5.57 Å². The fourth-order valence-electron chi connectivity index (χ4n) is 4.04. The molecule has 2 atom stereocenters. The van der Waals surface area contributed by atoms with Gasteiger partial charge in [-0.3, -0.25) is 4.79 Å². The monoisotopic (exact) mass is 382 g/mol. The maximum atomic E-state index is 14.4. The Kier molecular flexibility index (Phi) is 4.65. The molecule has 3 aliphatic carbocycles. The number of hydrogen-bond donors (Lipinski definition) is 1. The number of carbonyl (C=O) groups excluding carboxylic acids is 1. The highest BCUT2D eigenvalue weighted by molar-refractivity contribution is 6.30. The van der Waals surface area contributed by atoms with E-state index in [0.29, 0.717) is 33.7 Å². The third-order valence-electron chi connectivity index (χ3n) is 5.56. The predicted molar refractivity (Wildman–Crippen MR) is 106 cm³/mol. The summed E-state index contributed by atoms with van der Waals surface area (Å²) in [7, 11) is 0. The Balaban J connectivity index is 1.90. The number of ketones is 1. The smallest absolute Gasteiger partial charge is 0.173 e. The van der Waals surface area contributed by atoms with Crippen LogP contribution in [0.2, 0.25) is 5.02 Å². The lowest BCUT2D eigenvalue weighted by molar-refractivity contribution is -0.116. The molecule has 4 heteroatoms. The molecule has 0 unspecified atom stereocenters. The molecule has 0 amide bonds. The van der Waals surface area contributed by atoms with Crippen LogP contribution in [0.25, 0.3) is 16.7 Å². The zero-order chi connectivity index (χ0) is 19.1. The largest absolute Gasteiger partial charge is 0.511 e. The molecule has 1 N–H and O–H groups in total. The molecule has 0 aliphatic heterocycles. The summed E-state index contributed by atoms with van der Waals surface area (Å²) in [6.45, 7) is 2.01. The minimum absolute atomic E-state index is 0.0489. The number of benzene rings is 2. The number of halogens is 2. The van der Waals surface area contributed by atoms with Crippen LogP contribution < -0.4 is 0 Å². The van der Waals surface area contributed by atoms with Crippen molar-refractivity contribution < 1.29 is 14.3 Å². The number of fused-ring (bicyclic) bond motifs is 2. The normalized spacial score (nSPS) is 21.7. The van der Waals surface area contributed by atoms with Crippen LogP contribution in [0.5, 0.6) is 0 Å². The van der Waals surface area contributed by atoms with Crippen molar-refractivity contribution in [1.29, 1.82) is 0 Å². The molecule has 0 saturated heterocycles. The predicted octanol–water partition coefficient (Wildman–Crippen LogP) is 6.14. The van der Waals surface area contributed by atoms with Crippen molar-refractivity contribution in [3.05, 3.63) is 76.3 Å². The average molecular weight is 383 g/mol. The van der Waals surface area contributed by atoms with Crippen molar-refractivity contribution in [3.63, 3.8) is 0 Å². The summed E-state index contributed by atoms with van der Waals surface area (Å²) >= 11 is 5.87. The summed E-state index contributed by atoms with van der Waals surface area (Å²) in [5.74, 6) is -0.637. The summed E-state index contributed by atoms with van der Waals surface area (Å²) in [6.07, 6.45) is 6.08. The minimum atomic E-state index is -0.412. The van der Waals surface area contributed by atoms with Gasteiger partial charge in [-0.1, -0.05) is 42.8 Å². The Hall–Kier alpha value is -2.39. The second-order valence-corrected chi connectivity index (χ2v) is 7.59. The summed E-state index contributed by atoms with van der Waals surface area (Å²) in [4.78, 5) is 13.1. The molecule has 0 saturated carbocycles. The lowest BCUT2D eigenvalue weighted by Crippen LogP contribution is -2.14. The molecule has 0 heterocycles. The third kappa shape index (κ3) is 3.10. The number of allylic oxidation sites excluding steroid dienone is 3. The second-order valence-electron chi connectivity index (χ2n) is 7.15. The molecule has 0 fully saturated rings. The first-order chi connectivity index (χ1) is 13.0. The SMILES string of the molecule is CCc1ccc(-c2ccc(Cl)cc2F)cc1C1=C(O)[C@@H]2C=C[C@@H](CC2)C1=O. The van der Waals surface area contributed by atoms with Crippen molar-refractivity contribution in [2.75, 3.05) is 0 Å². The zero-order valence-electron chi connectivity index (χ0n) is 15.0. The Bertz CT molecular complexity index is 990. The highest BCUT2D eigenvalue weighted by Crippen LogP contribution is 2.41. The van der Waals surface area contributed by atoms with Gasteiger partial charge in [-0.2, -0.15) is 0 Å². The van der Waals surface area contributed by atoms with E-state index >= 15 is 0 Å². The second kappa shape index (κ2) is 6.97. The van der Waals surface area contributed by atoms with E-state index in [-0.39, 0.29) is 23.4 Å². The van der Waals surface area contributed by atoms with E-state index in [1.807, 2.05) is 37.3 Å². The van der Waals surface area contributed by atoms with Crippen LogP contribution in [-0.2, 0) is 11.2 Å². The van der Waals surface area contributed by atoms with E-state index in [1.165, 1.54) is 6.07 Å². The van der Waals surface area contributed by atoms with E-state index in [9.17, 15) is 14.3 Å². The maximum absolute atomic E-state index is 14.4. The highest BCUT2D eigenvalue weighted by atomic mass is 35.5. The van der Waals surface area contributed by atoms with E-state index < -0.39 is 5.82 Å². The quantitative estimate of drug-likeness (QED) is 0.647. The summed E-state index contributed by atoms with van der Waals surface area (Å²) in [5.41, 5.74) is 3.14. The number of aliphatic hydroxyl groups is 1. The molecule has 5 rings (SSSR count). The molecule has 138 valence electrons. The number of hydrogen-bond acceptors (Lipinski definition) is 2. The summed E-state index contributed by atoms with van der Waals surface area (Å²) in [6, 6.07) is 10.1. The Labute approximate surface area is 163 Å². The van der Waals surface area contributed by atoms with Gasteiger partial charge in [0, 0.05) is 22.4 Å². The number of rotatable bonds is 3. The summed E-state index contributed by atoms with van der Waals surface area (Å²) in [5, 5.41) is 11.2. The minimum Gasteiger partial charge on any atom is -0.511 e. The standard InChI is InChI=1S/C23H20ClFO2/c1-2-13-3-8-16(18-10-9-17(24)12-20(18)25)11-19(13)21-22(26)14-4-5-15(7-6-14)23(21)27/h3-5,8-12,14-15,26H,2,6-7H2,1H3/t14-,15+/m1/s1. The number of Topliss-reactive ketones (excluding diaryl/α,β-unsaturated/α-hetero) is 1. The molecule has 2 aromatic carbocycles. The lowest BCUT2D eigenvalue weighted by atomic mass is 9.87. The van der Waals surface area contributed by atoms with Crippen molar-refractivity contribution in [2.24, 2.45) is 11.8 Å². The van der Waals surface area contributed by atoms with Crippen molar-refractivity contribution in [1.82, 2.24) is 0 Å². The number of carbonyl (C=O) groups is 1. The fraction of sp³-hybridized carbons (Fsp3) is 0.261. The van der Waals surface area contributed by atoms with Crippen molar-refractivity contribution >= 4 is 23.0 Å². The van der Waals surface area contributed by atoms with Crippen molar-refractivity contribution in [3.8, 4) is 11.1 Å². The van der Waals surface area contributed by atoms with E-state index in [1.54, 1.807) is 12.1 Å². The Morgan fingerprint density at radius 3 is 2.48 bits per heavy atom. The summed E-state index contributed by atoms with van der Waals surface area (Å²) < 4.78 is 14.4. The van der Waals surface area contributed by atoms with E-state index in [4.69, 9.17) is 11.6 Å². The number of aliphatic hydroxyl groups excluding tert-OH is 1. The average Bonchev–Trinajstić information content (AvgIpc) is 2.86. The number of aryl methyl sites for hydroxylation is 1. The lowest BCUT2D eigenvalue weighted by Gasteiger charge is -2.16. The molecular weight excluding hydrogens is 363 g/mol. The van der Waals surface area contributed by atoms with Gasteiger partial charge in [-0.15, -0.1) is 0 Å². The molecule has 0 radical (unpaired) electrons. The van der Waals surface area contributed by atoms with Crippen LogP contribution >= 0.6 is 11.6 Å². The zero-order valence-corrected chi connectivity index (χ0v) is 15.8. The van der Waals surface area contributed by atoms with Gasteiger partial charge in [0.1, 0.15) is 11.6 Å². The molecule has 27 heavy (non-hydrogen) atoms. The molecular formula is C23H20ClFO2. The van der Waals surface area contributed by atoms with Gasteiger partial charge in [-0.25, -0.2) is 4.39 Å². The van der Waals surface area contributed by atoms with Crippen molar-refractivity contribution in [2.45, 2.75) is 26.2 Å². The Morgan fingerprint density at radius 1 is 1.07 bits per heavy atom. The van der Waals surface area contributed by atoms with Gasteiger partial charge in [0.15, 0.2) is 5.78 Å². The maximum Gasteiger partial charge on any atom is 0.173 e. The molecule has 0 aromatic heterocycles. The topological polar surface area (TPSA) is 37.3 Å². The van der Waals surface area contributed by atoms with Crippen LogP contribution in [0.1, 0.15) is 30.9 Å². The van der Waals surface area contributed by atoms with E-state index in [2.05, 4.69) is 0 Å². The van der Waals surface area contributed by atoms with E-state index in [0.717, 1.165) is 18.4 Å². The first kappa shape index (κ1) is 18.0. The first-order valence-electron chi connectivity index (χ1n) is 9.24. The molecule has 2 nitrogen and oxygen atoms in total. The molecule has 2 bridgehead atoms. The highest BCUT2D eigenvalue weighted by Gasteiger charge is 2.35. The Morgan fingerprint density at radius 2 is 1.81 bits per heavy atom. The van der Waals surface area contributed by atoms with Gasteiger partial charge in [0.2, 0.25) is 0 Å². The first-order valence-corrected chi connectivity index (χ1v) is 9.61. The molecule has 0 spiro atoms. The third-order valence-corrected chi connectivity index (χ3v) is 5.79.